The lowest BCUT2D eigenvalue weighted by atomic mass is 10.0. The quantitative estimate of drug-likeness (QED) is 0.0269. The molecule has 336 valence electrons. The number of nitrogens with one attached hydrogen (secondary N) is 5. The fourth-order valence-electron chi connectivity index (χ4n) is 7.64. The third-order valence-corrected chi connectivity index (χ3v) is 11.4. The summed E-state index contributed by atoms with van der Waals surface area (Å²) in [5.74, 6) is 0.0176. The summed E-state index contributed by atoms with van der Waals surface area (Å²) in [5, 5.41) is 9.28. The first-order valence-corrected chi connectivity index (χ1v) is 25.4. The fraction of sp³-hybridized carbons (Fsp3) is 0.979. The van der Waals surface area contributed by atoms with Crippen LogP contribution in [0, 0.1) is 0 Å². The highest BCUT2D eigenvalue weighted by Gasteiger charge is 2.08. The standard InChI is InChI=1S/C48H103N7O/c1-3-5-7-9-11-13-15-17-19-21-23-25-27-29-31-35-45-55(46-36-32-30-28-26-24-22-20-18-16-14-12-10-8-6-4-2)53-47-48(56)54-52-44-38-43-51-41-34-33-40-50-42-37-39-49/h50-53H,3-47,49H2,1-2H3,(H,54,56). The summed E-state index contributed by atoms with van der Waals surface area (Å²) in [6.45, 7) is 12.6. The van der Waals surface area contributed by atoms with Crippen molar-refractivity contribution in [3.63, 3.8) is 0 Å². The van der Waals surface area contributed by atoms with Gasteiger partial charge >= 0.3 is 0 Å². The molecule has 0 spiro atoms. The lowest BCUT2D eigenvalue weighted by molar-refractivity contribution is -0.122. The summed E-state index contributed by atoms with van der Waals surface area (Å²) in [7, 11) is 0. The first-order chi connectivity index (χ1) is 27.7. The van der Waals surface area contributed by atoms with Crippen molar-refractivity contribution in [2.24, 2.45) is 5.73 Å². The molecule has 0 aromatic heterocycles. The highest BCUT2D eigenvalue weighted by Crippen LogP contribution is 2.15. The van der Waals surface area contributed by atoms with Crippen molar-refractivity contribution in [2.75, 3.05) is 58.9 Å². The molecule has 0 saturated carbocycles. The van der Waals surface area contributed by atoms with Crippen LogP contribution < -0.4 is 32.6 Å². The van der Waals surface area contributed by atoms with Crippen LogP contribution >= 0.6 is 0 Å². The van der Waals surface area contributed by atoms with Gasteiger partial charge in [0.1, 0.15) is 0 Å². The van der Waals surface area contributed by atoms with E-state index in [1.54, 1.807) is 0 Å². The zero-order chi connectivity index (χ0) is 40.5. The molecule has 0 unspecified atom stereocenters. The molecule has 8 heteroatoms. The normalized spacial score (nSPS) is 11.6. The van der Waals surface area contributed by atoms with Crippen LogP contribution in [0.2, 0.25) is 0 Å². The van der Waals surface area contributed by atoms with E-state index >= 15 is 0 Å². The average Bonchev–Trinajstić information content (AvgIpc) is 3.20. The van der Waals surface area contributed by atoms with Gasteiger partial charge in [-0.3, -0.25) is 10.2 Å². The highest BCUT2D eigenvalue weighted by atomic mass is 16.2. The molecular weight excluding hydrogens is 691 g/mol. The zero-order valence-electron chi connectivity index (χ0n) is 38.3. The van der Waals surface area contributed by atoms with Gasteiger partial charge in [-0.25, -0.2) is 15.9 Å². The number of amides is 1. The molecule has 8 nitrogen and oxygen atoms in total. The van der Waals surface area contributed by atoms with Gasteiger partial charge in [0.2, 0.25) is 5.91 Å². The van der Waals surface area contributed by atoms with Crippen LogP contribution in [-0.2, 0) is 4.79 Å². The number of hydrogen-bond acceptors (Lipinski definition) is 7. The van der Waals surface area contributed by atoms with Gasteiger partial charge in [0.25, 0.3) is 0 Å². The average molecular weight is 794 g/mol. The van der Waals surface area contributed by atoms with Crippen molar-refractivity contribution >= 4 is 5.91 Å². The molecule has 0 aliphatic rings. The molecule has 0 radical (unpaired) electrons. The van der Waals surface area contributed by atoms with Crippen molar-refractivity contribution in [3.8, 4) is 0 Å². The summed E-state index contributed by atoms with van der Waals surface area (Å²) in [6.07, 6.45) is 49.1. The van der Waals surface area contributed by atoms with Gasteiger partial charge in [-0.05, 0) is 71.2 Å². The number of nitrogens with two attached hydrogens (primary N) is 1. The van der Waals surface area contributed by atoms with Gasteiger partial charge in [0.05, 0.1) is 6.54 Å². The van der Waals surface area contributed by atoms with Gasteiger partial charge < -0.3 is 16.4 Å². The molecule has 0 fully saturated rings. The van der Waals surface area contributed by atoms with Gasteiger partial charge in [-0.15, -0.1) is 0 Å². The predicted molar refractivity (Wildman–Crippen MR) is 248 cm³/mol. The first-order valence-electron chi connectivity index (χ1n) is 25.4. The maximum absolute atomic E-state index is 12.6. The topological polar surface area (TPSA) is 106 Å². The molecule has 0 aromatic rings. The predicted octanol–water partition coefficient (Wildman–Crippen LogP) is 11.6. The van der Waals surface area contributed by atoms with Crippen LogP contribution in [0.4, 0.5) is 0 Å². The Kier molecular flexibility index (Phi) is 49.7. The highest BCUT2D eigenvalue weighted by molar-refractivity contribution is 5.77. The summed E-state index contributed by atoms with van der Waals surface area (Å²) in [5.41, 5.74) is 15.0. The Hall–Kier alpha value is -0.770. The molecule has 0 heterocycles. The van der Waals surface area contributed by atoms with E-state index in [9.17, 15) is 4.79 Å². The molecule has 0 bridgehead atoms. The number of rotatable bonds is 50. The largest absolute Gasteiger partial charge is 0.330 e. The monoisotopic (exact) mass is 794 g/mol. The Morgan fingerprint density at radius 3 is 1.07 bits per heavy atom. The molecular formula is C48H103N7O. The van der Waals surface area contributed by atoms with Crippen molar-refractivity contribution in [1.82, 2.24) is 31.9 Å². The SMILES string of the molecule is CCCCCCCCCCCCCCCCCCN(CCCCCCCCCCCCCCCCCC)NCC(=O)NNCCCNCCCCNCCCN. The molecule has 56 heavy (non-hydrogen) atoms. The lowest BCUT2D eigenvalue weighted by Crippen LogP contribution is -2.48. The first kappa shape index (κ1) is 55.2. The Morgan fingerprint density at radius 2 is 0.714 bits per heavy atom. The zero-order valence-corrected chi connectivity index (χ0v) is 38.3. The van der Waals surface area contributed by atoms with E-state index in [0.717, 1.165) is 65.2 Å². The van der Waals surface area contributed by atoms with E-state index in [0.29, 0.717) is 6.54 Å². The van der Waals surface area contributed by atoms with Crippen molar-refractivity contribution < 1.29 is 4.79 Å². The fourth-order valence-corrected chi connectivity index (χ4v) is 7.64. The van der Waals surface area contributed by atoms with Gasteiger partial charge in [-0.1, -0.05) is 206 Å². The maximum atomic E-state index is 12.6. The van der Waals surface area contributed by atoms with Crippen LogP contribution in [0.25, 0.3) is 0 Å². The number of carbonyl (C=O) groups is 1. The third kappa shape index (κ3) is 47.6. The molecule has 7 N–H and O–H groups in total. The van der Waals surface area contributed by atoms with E-state index in [4.69, 9.17) is 5.73 Å². The van der Waals surface area contributed by atoms with Crippen LogP contribution in [-0.4, -0.2) is 69.8 Å². The molecule has 0 aliphatic heterocycles. The van der Waals surface area contributed by atoms with Gasteiger partial charge in [-0.2, -0.15) is 0 Å². The van der Waals surface area contributed by atoms with Gasteiger partial charge in [0.15, 0.2) is 0 Å². The second kappa shape index (κ2) is 50.4. The number of carbonyl (C=O) groups excluding carboxylic acids is 1. The maximum Gasteiger partial charge on any atom is 0.249 e. The van der Waals surface area contributed by atoms with Gasteiger partial charge in [0, 0.05) is 19.6 Å². The molecule has 0 aromatic carbocycles. The number of unbranched alkanes of at least 4 members (excludes halogenated alkanes) is 31. The van der Waals surface area contributed by atoms with E-state index in [1.807, 2.05) is 0 Å². The van der Waals surface area contributed by atoms with Crippen LogP contribution in [0.1, 0.15) is 245 Å². The van der Waals surface area contributed by atoms with Crippen molar-refractivity contribution in [3.05, 3.63) is 0 Å². The summed E-state index contributed by atoms with van der Waals surface area (Å²) >= 11 is 0. The minimum Gasteiger partial charge on any atom is -0.330 e. The summed E-state index contributed by atoms with van der Waals surface area (Å²) < 4.78 is 0. The smallest absolute Gasteiger partial charge is 0.249 e. The van der Waals surface area contributed by atoms with Crippen molar-refractivity contribution in [2.45, 2.75) is 245 Å². The van der Waals surface area contributed by atoms with Crippen molar-refractivity contribution in [1.29, 1.82) is 0 Å². The minimum absolute atomic E-state index is 0.0176. The molecule has 0 aliphatic carbocycles. The second-order valence-corrected chi connectivity index (χ2v) is 17.1. The number of hydrogen-bond donors (Lipinski definition) is 6. The Labute approximate surface area is 351 Å². The number of nitrogens with zero attached hydrogens (tertiary/aromatic N) is 1. The molecule has 1 amide bonds. The van der Waals surface area contributed by atoms with E-state index in [-0.39, 0.29) is 5.91 Å². The lowest BCUT2D eigenvalue weighted by Gasteiger charge is -2.23. The Balaban J connectivity index is 4.06. The van der Waals surface area contributed by atoms with Crippen LogP contribution in [0.3, 0.4) is 0 Å². The molecule has 0 saturated heterocycles. The number of hydrazine groups is 2. The summed E-state index contributed by atoms with van der Waals surface area (Å²) in [6, 6.07) is 0. The molecule has 0 atom stereocenters. The van der Waals surface area contributed by atoms with Crippen LogP contribution in [0.5, 0.6) is 0 Å². The van der Waals surface area contributed by atoms with Crippen LogP contribution in [0.15, 0.2) is 0 Å². The Morgan fingerprint density at radius 1 is 0.393 bits per heavy atom. The minimum atomic E-state index is 0.0176. The van der Waals surface area contributed by atoms with E-state index in [2.05, 4.69) is 45.8 Å². The second-order valence-electron chi connectivity index (χ2n) is 17.1. The summed E-state index contributed by atoms with van der Waals surface area (Å²) in [4.78, 5) is 12.6. The molecule has 0 rings (SSSR count). The van der Waals surface area contributed by atoms with E-state index in [1.165, 1.54) is 218 Å². The third-order valence-electron chi connectivity index (χ3n) is 11.4. The Bertz CT molecular complexity index is 692. The van der Waals surface area contributed by atoms with E-state index < -0.39 is 0 Å².